The van der Waals surface area contributed by atoms with Crippen LogP contribution in [0.15, 0.2) is 165 Å². The average Bonchev–Trinajstić information content (AvgIpc) is 1.05. The third-order valence-corrected chi connectivity index (χ3v) is 17.0. The van der Waals surface area contributed by atoms with Crippen molar-refractivity contribution in [2.24, 2.45) is 0 Å². The fourth-order valence-electron chi connectivity index (χ4n) is 8.84. The molecule has 0 saturated carbocycles. The van der Waals surface area contributed by atoms with Crippen LogP contribution in [-0.2, 0) is 57.2 Å². The van der Waals surface area contributed by atoms with Crippen LogP contribution in [0.4, 0.5) is 0 Å². The lowest BCUT2D eigenvalue weighted by molar-refractivity contribution is -0.141. The number of hydrogen-bond acceptors (Lipinski definition) is 15. The van der Waals surface area contributed by atoms with Gasteiger partial charge in [0.25, 0.3) is 0 Å². The van der Waals surface area contributed by atoms with Gasteiger partial charge in [-0.15, -0.1) is 11.6 Å². The van der Waals surface area contributed by atoms with Gasteiger partial charge in [-0.3, -0.25) is 19.2 Å². The maximum Gasteiger partial charge on any atom is 0.306 e. The maximum absolute atomic E-state index is 11.5. The Morgan fingerprint density at radius 1 is 0.384 bits per heavy atom. The topological polar surface area (TPSA) is 192 Å². The van der Waals surface area contributed by atoms with Crippen LogP contribution in [0.1, 0.15) is 198 Å². The lowest BCUT2D eigenvalue weighted by Crippen LogP contribution is -2.06. The summed E-state index contributed by atoms with van der Waals surface area (Å²) >= 11 is 16.2. The van der Waals surface area contributed by atoms with Crippen LogP contribution in [0.5, 0.6) is 40.2 Å². The van der Waals surface area contributed by atoms with Crippen molar-refractivity contribution in [2.75, 3.05) is 48.3 Å². The molecular formula is C80H108Br3ClO15. The van der Waals surface area contributed by atoms with Gasteiger partial charge in [0.2, 0.25) is 0 Å². The summed E-state index contributed by atoms with van der Waals surface area (Å²) in [5.41, 5.74) is 7.15. The van der Waals surface area contributed by atoms with Crippen LogP contribution in [0.3, 0.4) is 0 Å². The highest BCUT2D eigenvalue weighted by atomic mass is 79.9. The number of unbranched alkanes of at least 4 members (excludes halogenated alkanes) is 3. The van der Waals surface area contributed by atoms with E-state index in [1.807, 2.05) is 143 Å². The molecule has 4 atom stereocenters. The minimum Gasteiger partial charge on any atom is -0.508 e. The zero-order valence-electron chi connectivity index (χ0n) is 57.3. The Morgan fingerprint density at radius 3 is 0.929 bits per heavy atom. The van der Waals surface area contributed by atoms with E-state index in [0.717, 1.165) is 126 Å². The SMILES string of the molecule is C.C.C.CCCCOc1cc(CCl)ccc1Br.CCCCOc1cc(COc2cccc([C@@H](C)CC(=O)OC)c2)ccc1Br.CCCCOc1cc(COc2cccc([C@H](C)CC(=O)OC)c2)ccc1Br.COC(=O)C[C@@H](C)c1cccc(O)c1.COC(=O)C[C@H](C)c1cccc(O)c1. The molecular weight excluding hydrogens is 1480 g/mol. The highest BCUT2D eigenvalue weighted by molar-refractivity contribution is 9.11. The van der Waals surface area contributed by atoms with Crippen molar-refractivity contribution in [2.45, 2.75) is 178 Å². The highest BCUT2D eigenvalue weighted by Crippen LogP contribution is 2.32. The molecule has 0 spiro atoms. The Balaban J connectivity index is 0.00000125. The number of carbonyl (C=O) groups excluding carboxylic acids is 4. The molecule has 0 heterocycles. The smallest absolute Gasteiger partial charge is 0.306 e. The monoisotopic (exact) mass is 1580 g/mol. The number of hydrogen-bond donors (Lipinski definition) is 2. The number of esters is 4. The van der Waals surface area contributed by atoms with Crippen LogP contribution >= 0.6 is 59.4 Å². The van der Waals surface area contributed by atoms with E-state index in [-0.39, 0.29) is 81.3 Å². The number of aromatic hydroxyl groups is 2. The van der Waals surface area contributed by atoms with E-state index in [4.69, 9.17) is 44.8 Å². The lowest BCUT2D eigenvalue weighted by atomic mass is 9.98. The number of ether oxygens (including phenoxy) is 9. The van der Waals surface area contributed by atoms with Crippen molar-refractivity contribution in [3.05, 3.63) is 204 Å². The molecule has 0 aliphatic carbocycles. The molecule has 7 aromatic rings. The molecule has 0 aliphatic heterocycles. The second kappa shape index (κ2) is 52.7. The molecule has 0 bridgehead atoms. The molecule has 0 aromatic heterocycles. The normalized spacial score (nSPS) is 11.3. The summed E-state index contributed by atoms with van der Waals surface area (Å²) in [6.45, 7) is 17.4. The van der Waals surface area contributed by atoms with E-state index >= 15 is 0 Å². The molecule has 0 unspecified atom stereocenters. The van der Waals surface area contributed by atoms with E-state index in [2.05, 4.69) is 78.0 Å². The molecule has 99 heavy (non-hydrogen) atoms. The Kier molecular flexibility index (Phi) is 48.9. The summed E-state index contributed by atoms with van der Waals surface area (Å²) in [7, 11) is 5.56. The summed E-state index contributed by atoms with van der Waals surface area (Å²) in [6.07, 6.45) is 7.87. The van der Waals surface area contributed by atoms with Gasteiger partial charge in [0.1, 0.15) is 53.5 Å². The second-order valence-corrected chi connectivity index (χ2v) is 25.5. The summed E-state index contributed by atoms with van der Waals surface area (Å²) in [5, 5.41) is 18.5. The van der Waals surface area contributed by atoms with Gasteiger partial charge in [-0.05, 0) is 215 Å². The molecule has 7 rings (SSSR count). The molecule has 0 radical (unpaired) electrons. The van der Waals surface area contributed by atoms with Crippen LogP contribution in [0, 0.1) is 0 Å². The predicted octanol–water partition coefficient (Wildman–Crippen LogP) is 22.1. The van der Waals surface area contributed by atoms with Crippen LogP contribution in [0.2, 0.25) is 0 Å². The first-order valence-electron chi connectivity index (χ1n) is 32.2. The zero-order valence-corrected chi connectivity index (χ0v) is 62.8. The van der Waals surface area contributed by atoms with Crippen molar-refractivity contribution < 1.29 is 72.0 Å². The van der Waals surface area contributed by atoms with Crippen molar-refractivity contribution in [3.8, 4) is 40.2 Å². The fraction of sp³-hybridized carbons (Fsp3) is 0.425. The lowest BCUT2D eigenvalue weighted by Gasteiger charge is -2.14. The summed E-state index contributed by atoms with van der Waals surface area (Å²) in [6, 6.07) is 47.4. The van der Waals surface area contributed by atoms with E-state index in [1.54, 1.807) is 36.4 Å². The number of halogens is 4. The third kappa shape index (κ3) is 37.1. The minimum atomic E-state index is -0.235. The largest absolute Gasteiger partial charge is 0.508 e. The number of phenolic OH excluding ortho intramolecular Hbond substituents is 2. The van der Waals surface area contributed by atoms with E-state index < -0.39 is 0 Å². The second-order valence-electron chi connectivity index (χ2n) is 22.7. The highest BCUT2D eigenvalue weighted by Gasteiger charge is 2.16. The standard InChI is InChI=1S/2C22H27BrO4.C11H14BrClO.2C11H14O3.3CH4/c2*1-4-5-11-26-21-13-17(9-10-20(21)23)15-27-19-8-6-7-18(14-19)16(2)12-22(24)25-3;1-2-3-6-14-11-7-9(8-13)4-5-10(11)12;2*1-8(6-11(13)14-2)9-4-3-5-10(12)7-9;;;/h2*6-10,13-14,16H,4-5,11-12,15H2,1-3H3;4-5,7H,2-3,6,8H2,1H3;2*3-5,7-8,12H,6H2,1-2H3;3*1H4/t2*16-;;2*8-;;;/m10.10.../s1. The number of rotatable bonds is 31. The number of methoxy groups -OCH3 is 4. The molecule has 19 heteroatoms. The molecule has 0 amide bonds. The summed E-state index contributed by atoms with van der Waals surface area (Å²) in [5.74, 6) is 4.48. The number of carbonyl (C=O) groups is 4. The van der Waals surface area contributed by atoms with Gasteiger partial charge in [-0.25, -0.2) is 0 Å². The van der Waals surface area contributed by atoms with E-state index in [9.17, 15) is 29.4 Å². The van der Waals surface area contributed by atoms with Crippen molar-refractivity contribution in [1.29, 1.82) is 0 Å². The first-order chi connectivity index (χ1) is 46.1. The molecule has 0 aliphatic rings. The van der Waals surface area contributed by atoms with Gasteiger partial charge in [0.05, 0.1) is 87.4 Å². The molecule has 2 N–H and O–H groups in total. The summed E-state index contributed by atoms with van der Waals surface area (Å²) < 4.78 is 50.7. The summed E-state index contributed by atoms with van der Waals surface area (Å²) in [4.78, 5) is 44.9. The Labute approximate surface area is 621 Å². The van der Waals surface area contributed by atoms with Crippen LogP contribution < -0.4 is 23.7 Å². The Hall–Kier alpha value is -7.25. The molecule has 0 saturated heterocycles. The predicted molar refractivity (Wildman–Crippen MR) is 411 cm³/mol. The van der Waals surface area contributed by atoms with Gasteiger partial charge in [-0.2, -0.15) is 0 Å². The van der Waals surface area contributed by atoms with Gasteiger partial charge < -0.3 is 52.8 Å². The van der Waals surface area contributed by atoms with Gasteiger partial charge in [0.15, 0.2) is 0 Å². The maximum atomic E-state index is 11.5. The molecule has 0 fully saturated rings. The van der Waals surface area contributed by atoms with Crippen LogP contribution in [0.25, 0.3) is 0 Å². The van der Waals surface area contributed by atoms with E-state index in [1.165, 1.54) is 28.4 Å². The quantitative estimate of drug-likeness (QED) is 0.0180. The van der Waals surface area contributed by atoms with Crippen molar-refractivity contribution in [3.63, 3.8) is 0 Å². The number of alkyl halides is 1. The first kappa shape index (κ1) is 91.8. The van der Waals surface area contributed by atoms with Gasteiger partial charge >= 0.3 is 23.9 Å². The average molecular weight is 1580 g/mol. The molecule has 15 nitrogen and oxygen atoms in total. The number of phenols is 2. The van der Waals surface area contributed by atoms with Crippen LogP contribution in [-0.4, -0.2) is 82.4 Å². The first-order valence-corrected chi connectivity index (χ1v) is 35.1. The van der Waals surface area contributed by atoms with Gasteiger partial charge in [0, 0.05) is 5.88 Å². The van der Waals surface area contributed by atoms with Gasteiger partial charge in [-0.1, -0.05) is 157 Å². The van der Waals surface area contributed by atoms with Crippen molar-refractivity contribution >= 4 is 83.3 Å². The molecule has 7 aromatic carbocycles. The van der Waals surface area contributed by atoms with Crippen molar-refractivity contribution in [1.82, 2.24) is 0 Å². The zero-order chi connectivity index (χ0) is 70.8. The minimum absolute atomic E-state index is 0. The Morgan fingerprint density at radius 2 is 0.657 bits per heavy atom. The van der Waals surface area contributed by atoms with E-state index in [0.29, 0.717) is 58.0 Å². The fourth-order valence-corrected chi connectivity index (χ4v) is 10.1. The molecule has 546 valence electrons. The Bertz CT molecular complexity index is 3230. The number of benzene rings is 7. The third-order valence-electron chi connectivity index (χ3n) is 14.8.